The van der Waals surface area contributed by atoms with Gasteiger partial charge in [0.15, 0.2) is 11.3 Å². The fourth-order valence-corrected chi connectivity index (χ4v) is 4.86. The molecule has 4 rings (SSSR count). The first-order chi connectivity index (χ1) is 18.0. The number of sulfonamides is 1. The summed E-state index contributed by atoms with van der Waals surface area (Å²) < 4.78 is 38.1. The molecule has 0 aliphatic carbocycles. The van der Waals surface area contributed by atoms with Gasteiger partial charge in [-0.15, -0.1) is 0 Å². The van der Waals surface area contributed by atoms with Crippen LogP contribution in [0.2, 0.25) is 0 Å². The molecule has 0 atom stereocenters. The molecule has 1 fully saturated rings. The molecule has 204 valence electrons. The summed E-state index contributed by atoms with van der Waals surface area (Å²) in [5.41, 5.74) is 0.650. The van der Waals surface area contributed by atoms with Gasteiger partial charge < -0.3 is 14.4 Å². The molecule has 3 heterocycles. The third-order valence-electron chi connectivity index (χ3n) is 6.70. The van der Waals surface area contributed by atoms with Crippen LogP contribution in [0.5, 0.6) is 5.75 Å². The summed E-state index contributed by atoms with van der Waals surface area (Å²) >= 11 is 0. The van der Waals surface area contributed by atoms with Crippen LogP contribution in [-0.2, 0) is 21.4 Å². The Hall–Kier alpha value is -3.64. The van der Waals surface area contributed by atoms with Gasteiger partial charge in [0.1, 0.15) is 6.61 Å². The number of fused-ring (bicyclic) bond motifs is 1. The van der Waals surface area contributed by atoms with Gasteiger partial charge in [-0.25, -0.2) is 18.2 Å². The minimum absolute atomic E-state index is 0.0000440. The first-order valence-corrected chi connectivity index (χ1v) is 14.1. The zero-order valence-electron chi connectivity index (χ0n) is 22.2. The lowest BCUT2D eigenvalue weighted by atomic mass is 10.2. The van der Waals surface area contributed by atoms with E-state index in [4.69, 9.17) is 9.47 Å². The highest BCUT2D eigenvalue weighted by molar-refractivity contribution is 7.92. The standard InChI is InChI=1S/C26H33N5O6S/c1-18(2)29-11-13-30(14-12-29)20-15-21(28(3)38(5,34)35)24-27-22(26(33)36-4)23(25(32)31(24)16-20)37-17-19-9-7-6-8-10-19/h6-10,15-16,18H,11-14,17H2,1-5H3. The Bertz CT molecular complexity index is 1480. The maximum atomic E-state index is 13.8. The first-order valence-electron chi connectivity index (χ1n) is 12.3. The fraction of sp³-hybridized carbons (Fsp3) is 0.423. The molecule has 11 nitrogen and oxygen atoms in total. The number of aromatic nitrogens is 2. The minimum Gasteiger partial charge on any atom is -0.481 e. The summed E-state index contributed by atoms with van der Waals surface area (Å²) in [4.78, 5) is 35.3. The van der Waals surface area contributed by atoms with Crippen molar-refractivity contribution in [1.82, 2.24) is 14.3 Å². The minimum atomic E-state index is -3.72. The Morgan fingerprint density at radius 2 is 1.79 bits per heavy atom. The van der Waals surface area contributed by atoms with E-state index in [1.807, 2.05) is 30.3 Å². The van der Waals surface area contributed by atoms with Gasteiger partial charge in [0.2, 0.25) is 15.8 Å². The monoisotopic (exact) mass is 543 g/mol. The normalized spacial score (nSPS) is 14.6. The van der Waals surface area contributed by atoms with Gasteiger partial charge in [-0.1, -0.05) is 30.3 Å². The summed E-state index contributed by atoms with van der Waals surface area (Å²) in [5, 5.41) is 0. The highest BCUT2D eigenvalue weighted by Gasteiger charge is 2.27. The van der Waals surface area contributed by atoms with Crippen molar-refractivity contribution in [2.45, 2.75) is 26.5 Å². The van der Waals surface area contributed by atoms with Crippen molar-refractivity contribution in [1.29, 1.82) is 0 Å². The Morgan fingerprint density at radius 3 is 2.37 bits per heavy atom. The van der Waals surface area contributed by atoms with Crippen molar-refractivity contribution in [3.8, 4) is 5.75 Å². The summed E-state index contributed by atoms with van der Waals surface area (Å²) in [5.74, 6) is -1.14. The summed E-state index contributed by atoms with van der Waals surface area (Å²) in [6, 6.07) is 11.3. The van der Waals surface area contributed by atoms with E-state index in [1.165, 1.54) is 18.6 Å². The lowest BCUT2D eigenvalue weighted by Crippen LogP contribution is -2.49. The zero-order chi connectivity index (χ0) is 27.6. The van der Waals surface area contributed by atoms with E-state index in [0.717, 1.165) is 29.2 Å². The molecule has 3 aromatic rings. The number of hydrogen-bond acceptors (Lipinski definition) is 9. The molecule has 0 unspecified atom stereocenters. The van der Waals surface area contributed by atoms with Gasteiger partial charge in [0.25, 0.3) is 0 Å². The first kappa shape index (κ1) is 27.4. The van der Waals surface area contributed by atoms with E-state index >= 15 is 0 Å². The molecule has 38 heavy (non-hydrogen) atoms. The number of ether oxygens (including phenoxy) is 2. The van der Waals surface area contributed by atoms with Gasteiger partial charge in [-0.2, -0.15) is 0 Å². The molecule has 0 bridgehead atoms. The molecule has 2 aromatic heterocycles. The van der Waals surface area contributed by atoms with Crippen LogP contribution in [0.15, 0.2) is 47.4 Å². The number of nitrogens with zero attached hydrogens (tertiary/aromatic N) is 5. The molecule has 0 radical (unpaired) electrons. The Balaban J connectivity index is 1.89. The third-order valence-corrected chi connectivity index (χ3v) is 7.89. The highest BCUT2D eigenvalue weighted by Crippen LogP contribution is 2.29. The van der Waals surface area contributed by atoms with Gasteiger partial charge >= 0.3 is 11.5 Å². The molecule has 0 saturated carbocycles. The molecule has 1 aliphatic rings. The number of anilines is 2. The Kier molecular flexibility index (Phi) is 7.93. The molecule has 0 amide bonds. The number of rotatable bonds is 8. The maximum absolute atomic E-state index is 13.8. The second-order valence-electron chi connectivity index (χ2n) is 9.48. The number of methoxy groups -OCH3 is 1. The Labute approximate surface area is 222 Å². The van der Waals surface area contributed by atoms with Crippen LogP contribution in [0.3, 0.4) is 0 Å². The topological polar surface area (TPSA) is 114 Å². The molecular formula is C26H33N5O6S. The average Bonchev–Trinajstić information content (AvgIpc) is 2.91. The van der Waals surface area contributed by atoms with Crippen molar-refractivity contribution < 1.29 is 22.7 Å². The SMILES string of the molecule is COC(=O)c1nc2c(N(C)S(C)(=O)=O)cc(N3CCN(C(C)C)CC3)cn2c(=O)c1OCc1ccccc1. The lowest BCUT2D eigenvalue weighted by Gasteiger charge is -2.38. The van der Waals surface area contributed by atoms with Gasteiger partial charge in [-0.3, -0.25) is 18.4 Å². The predicted octanol–water partition coefficient (Wildman–Crippen LogP) is 1.99. The van der Waals surface area contributed by atoms with Crippen LogP contribution >= 0.6 is 0 Å². The van der Waals surface area contributed by atoms with E-state index in [0.29, 0.717) is 24.8 Å². The van der Waals surface area contributed by atoms with Gasteiger partial charge in [-0.05, 0) is 25.5 Å². The smallest absolute Gasteiger partial charge is 0.360 e. The second kappa shape index (κ2) is 11.0. The van der Waals surface area contributed by atoms with Gasteiger partial charge in [0, 0.05) is 45.5 Å². The number of pyridine rings is 1. The summed E-state index contributed by atoms with van der Waals surface area (Å²) in [6.45, 7) is 7.37. The van der Waals surface area contributed by atoms with E-state index in [-0.39, 0.29) is 29.4 Å². The number of piperazine rings is 1. The molecule has 0 spiro atoms. The summed E-state index contributed by atoms with van der Waals surface area (Å²) in [6.07, 6.45) is 2.68. The molecule has 1 aliphatic heterocycles. The van der Waals surface area contributed by atoms with E-state index in [2.05, 4.69) is 28.6 Å². The molecule has 1 aromatic carbocycles. The molecule has 0 N–H and O–H groups in total. The maximum Gasteiger partial charge on any atom is 0.360 e. The number of benzene rings is 1. The number of esters is 1. The average molecular weight is 544 g/mol. The highest BCUT2D eigenvalue weighted by atomic mass is 32.2. The molecule has 1 saturated heterocycles. The van der Waals surface area contributed by atoms with Crippen LogP contribution in [-0.4, -0.2) is 81.3 Å². The van der Waals surface area contributed by atoms with Crippen molar-refractivity contribution in [3.63, 3.8) is 0 Å². The van der Waals surface area contributed by atoms with E-state index < -0.39 is 21.6 Å². The Morgan fingerprint density at radius 1 is 1.13 bits per heavy atom. The van der Waals surface area contributed by atoms with Crippen LogP contribution in [0.1, 0.15) is 29.9 Å². The van der Waals surface area contributed by atoms with Gasteiger partial charge in [0.05, 0.1) is 24.7 Å². The van der Waals surface area contributed by atoms with Crippen LogP contribution in [0.25, 0.3) is 5.65 Å². The molecule has 12 heteroatoms. The fourth-order valence-electron chi connectivity index (χ4n) is 4.37. The van der Waals surface area contributed by atoms with Crippen molar-refractivity contribution in [3.05, 3.63) is 64.2 Å². The van der Waals surface area contributed by atoms with E-state index in [9.17, 15) is 18.0 Å². The predicted molar refractivity (Wildman–Crippen MR) is 146 cm³/mol. The van der Waals surface area contributed by atoms with Crippen molar-refractivity contribution >= 4 is 33.0 Å². The quantitative estimate of drug-likeness (QED) is 0.394. The number of hydrogen-bond donors (Lipinski definition) is 0. The van der Waals surface area contributed by atoms with Crippen LogP contribution < -0.4 is 19.5 Å². The second-order valence-corrected chi connectivity index (χ2v) is 11.5. The van der Waals surface area contributed by atoms with Crippen LogP contribution in [0, 0.1) is 0 Å². The number of carbonyl (C=O) groups excluding carboxylic acids is 1. The molecular weight excluding hydrogens is 510 g/mol. The largest absolute Gasteiger partial charge is 0.481 e. The van der Waals surface area contributed by atoms with E-state index in [1.54, 1.807) is 12.3 Å². The van der Waals surface area contributed by atoms with Crippen LogP contribution in [0.4, 0.5) is 11.4 Å². The third kappa shape index (κ3) is 5.60. The zero-order valence-corrected chi connectivity index (χ0v) is 23.1. The summed E-state index contributed by atoms with van der Waals surface area (Å²) in [7, 11) is -1.16. The lowest BCUT2D eigenvalue weighted by molar-refractivity contribution is 0.0588. The van der Waals surface area contributed by atoms with Crippen molar-refractivity contribution in [2.24, 2.45) is 0 Å². The number of carbonyl (C=O) groups is 1. The van der Waals surface area contributed by atoms with Crippen molar-refractivity contribution in [2.75, 3.05) is 55.8 Å².